The normalized spacial score (nSPS) is 17.4. The quantitative estimate of drug-likeness (QED) is 0.513. The Bertz CT molecular complexity index is 1070. The summed E-state index contributed by atoms with van der Waals surface area (Å²) in [5, 5.41) is 0.144. The van der Waals surface area contributed by atoms with Crippen LogP contribution in [-0.2, 0) is 34.2 Å². The van der Waals surface area contributed by atoms with Gasteiger partial charge in [-0.15, -0.1) is 0 Å². The minimum absolute atomic E-state index is 0.0240. The standard InChI is InChI=1S/C21H28N4O4S/c1-3-11-30(26,27)21-22-12-16(25(21)14-17-7-6-10-28-17)13-24(2)15-20-23-18-8-4-5-9-19(18)29-20/h4-5,8-9,12,17H,3,6-7,10-11,13-15H2,1-2H3/t17-/m0/s1. The number of oxazole rings is 1. The first-order chi connectivity index (χ1) is 14.5. The third-order valence-electron chi connectivity index (χ3n) is 5.24. The molecule has 0 unspecified atom stereocenters. The molecule has 4 rings (SSSR count). The summed E-state index contributed by atoms with van der Waals surface area (Å²) in [7, 11) is -1.47. The second-order valence-corrected chi connectivity index (χ2v) is 9.85. The van der Waals surface area contributed by atoms with Crippen molar-refractivity contribution in [1.82, 2.24) is 19.4 Å². The largest absolute Gasteiger partial charge is 0.439 e. The van der Waals surface area contributed by atoms with Gasteiger partial charge in [-0.05, 0) is 38.4 Å². The molecule has 1 fully saturated rings. The number of rotatable bonds is 9. The molecule has 2 aromatic heterocycles. The number of para-hydroxylation sites is 2. The van der Waals surface area contributed by atoms with E-state index >= 15 is 0 Å². The topological polar surface area (TPSA) is 90.5 Å². The Balaban J connectivity index is 1.55. The highest BCUT2D eigenvalue weighted by molar-refractivity contribution is 7.91. The Labute approximate surface area is 176 Å². The first kappa shape index (κ1) is 21.0. The number of nitrogens with zero attached hydrogens (tertiary/aromatic N) is 4. The number of imidazole rings is 1. The smallest absolute Gasteiger partial charge is 0.227 e. The van der Waals surface area contributed by atoms with Crippen LogP contribution in [0.15, 0.2) is 40.0 Å². The number of benzene rings is 1. The van der Waals surface area contributed by atoms with Gasteiger partial charge in [-0.25, -0.2) is 18.4 Å². The molecule has 30 heavy (non-hydrogen) atoms. The third-order valence-corrected chi connectivity index (χ3v) is 7.07. The minimum Gasteiger partial charge on any atom is -0.439 e. The van der Waals surface area contributed by atoms with Gasteiger partial charge in [0.25, 0.3) is 0 Å². The molecule has 0 amide bonds. The molecule has 1 saturated heterocycles. The van der Waals surface area contributed by atoms with Crippen LogP contribution in [0.5, 0.6) is 0 Å². The van der Waals surface area contributed by atoms with Crippen molar-refractivity contribution >= 4 is 20.9 Å². The van der Waals surface area contributed by atoms with E-state index in [1.165, 1.54) is 0 Å². The van der Waals surface area contributed by atoms with Gasteiger partial charge in [0.05, 0.1) is 36.8 Å². The summed E-state index contributed by atoms with van der Waals surface area (Å²) in [6.45, 7) is 4.13. The zero-order valence-electron chi connectivity index (χ0n) is 17.5. The van der Waals surface area contributed by atoms with E-state index in [9.17, 15) is 8.42 Å². The van der Waals surface area contributed by atoms with Gasteiger partial charge in [-0.2, -0.15) is 0 Å². The Kier molecular flexibility index (Phi) is 6.21. The Morgan fingerprint density at radius 2 is 2.10 bits per heavy atom. The fourth-order valence-corrected chi connectivity index (χ4v) is 5.33. The van der Waals surface area contributed by atoms with Crippen LogP contribution in [-0.4, -0.2) is 53.4 Å². The van der Waals surface area contributed by atoms with Crippen molar-refractivity contribution < 1.29 is 17.6 Å². The highest BCUT2D eigenvalue weighted by atomic mass is 32.2. The lowest BCUT2D eigenvalue weighted by Crippen LogP contribution is -2.25. The van der Waals surface area contributed by atoms with Crippen LogP contribution in [0.25, 0.3) is 11.1 Å². The molecule has 3 aromatic rings. The Morgan fingerprint density at radius 3 is 2.83 bits per heavy atom. The van der Waals surface area contributed by atoms with Crippen molar-refractivity contribution in [2.24, 2.45) is 0 Å². The predicted octanol–water partition coefficient (Wildman–Crippen LogP) is 3.02. The lowest BCUT2D eigenvalue weighted by molar-refractivity contribution is 0.0933. The van der Waals surface area contributed by atoms with Crippen molar-refractivity contribution in [3.8, 4) is 0 Å². The first-order valence-corrected chi connectivity index (χ1v) is 12.0. The molecule has 8 nitrogen and oxygen atoms in total. The van der Waals surface area contributed by atoms with Crippen LogP contribution in [0.1, 0.15) is 37.8 Å². The molecule has 0 spiro atoms. The zero-order valence-corrected chi connectivity index (χ0v) is 18.3. The van der Waals surface area contributed by atoms with E-state index in [2.05, 4.69) is 9.97 Å². The number of sulfone groups is 1. The van der Waals surface area contributed by atoms with Gasteiger partial charge in [0, 0.05) is 13.2 Å². The van der Waals surface area contributed by atoms with E-state index in [0.29, 0.717) is 31.9 Å². The molecule has 0 aliphatic carbocycles. The van der Waals surface area contributed by atoms with Crippen molar-refractivity contribution in [3.63, 3.8) is 0 Å². The van der Waals surface area contributed by atoms with E-state index < -0.39 is 9.84 Å². The van der Waals surface area contributed by atoms with Crippen molar-refractivity contribution in [2.75, 3.05) is 19.4 Å². The number of fused-ring (bicyclic) bond motifs is 1. The van der Waals surface area contributed by atoms with Crippen LogP contribution in [0.2, 0.25) is 0 Å². The summed E-state index contributed by atoms with van der Waals surface area (Å²) in [6, 6.07) is 7.67. The van der Waals surface area contributed by atoms with Gasteiger partial charge in [0.1, 0.15) is 5.52 Å². The molecule has 0 radical (unpaired) electrons. The third kappa shape index (κ3) is 4.58. The Hall–Kier alpha value is -2.23. The molecule has 1 aliphatic rings. The molecule has 1 aromatic carbocycles. The summed E-state index contributed by atoms with van der Waals surface area (Å²) in [4.78, 5) is 10.9. The molecule has 162 valence electrons. The van der Waals surface area contributed by atoms with E-state index in [4.69, 9.17) is 9.15 Å². The lowest BCUT2D eigenvalue weighted by atomic mass is 10.2. The first-order valence-electron chi connectivity index (χ1n) is 10.4. The van der Waals surface area contributed by atoms with E-state index in [1.807, 2.05) is 47.7 Å². The Morgan fingerprint density at radius 1 is 1.27 bits per heavy atom. The van der Waals surface area contributed by atoms with Crippen LogP contribution in [0.3, 0.4) is 0 Å². The summed E-state index contributed by atoms with van der Waals surface area (Å²) in [5.41, 5.74) is 2.44. The molecule has 1 aliphatic heterocycles. The molecule has 0 N–H and O–H groups in total. The van der Waals surface area contributed by atoms with Crippen LogP contribution < -0.4 is 0 Å². The fourth-order valence-electron chi connectivity index (χ4n) is 3.86. The molecular weight excluding hydrogens is 404 g/mol. The second-order valence-electron chi connectivity index (χ2n) is 7.84. The number of hydrogen-bond donors (Lipinski definition) is 0. The molecule has 0 bridgehead atoms. The highest BCUT2D eigenvalue weighted by Crippen LogP contribution is 2.22. The summed E-state index contributed by atoms with van der Waals surface area (Å²) >= 11 is 0. The van der Waals surface area contributed by atoms with Gasteiger partial charge in [-0.3, -0.25) is 4.90 Å². The summed E-state index contributed by atoms with van der Waals surface area (Å²) in [5.74, 6) is 0.719. The average Bonchev–Trinajstić information content (AvgIpc) is 3.42. The van der Waals surface area contributed by atoms with Gasteiger partial charge < -0.3 is 13.7 Å². The van der Waals surface area contributed by atoms with E-state index in [0.717, 1.165) is 36.2 Å². The van der Waals surface area contributed by atoms with Gasteiger partial charge in [-0.1, -0.05) is 19.1 Å². The molecule has 1 atom stereocenters. The van der Waals surface area contributed by atoms with Gasteiger partial charge in [0.15, 0.2) is 5.58 Å². The summed E-state index contributed by atoms with van der Waals surface area (Å²) < 4.78 is 38.9. The number of aromatic nitrogens is 3. The maximum atomic E-state index is 12.8. The van der Waals surface area contributed by atoms with Crippen molar-refractivity contribution in [3.05, 3.63) is 42.0 Å². The fraction of sp³-hybridized carbons (Fsp3) is 0.524. The van der Waals surface area contributed by atoms with Crippen molar-refractivity contribution in [1.29, 1.82) is 0 Å². The molecular formula is C21H28N4O4S. The average molecular weight is 433 g/mol. The maximum Gasteiger partial charge on any atom is 0.227 e. The van der Waals surface area contributed by atoms with Crippen LogP contribution >= 0.6 is 0 Å². The van der Waals surface area contributed by atoms with Crippen LogP contribution in [0.4, 0.5) is 0 Å². The maximum absolute atomic E-state index is 12.8. The lowest BCUT2D eigenvalue weighted by Gasteiger charge is -2.19. The number of hydrogen-bond acceptors (Lipinski definition) is 7. The van der Waals surface area contributed by atoms with Gasteiger partial charge in [0.2, 0.25) is 20.9 Å². The summed E-state index contributed by atoms with van der Waals surface area (Å²) in [6.07, 6.45) is 4.19. The van der Waals surface area contributed by atoms with Crippen LogP contribution in [0, 0.1) is 0 Å². The van der Waals surface area contributed by atoms with E-state index in [-0.39, 0.29) is 17.0 Å². The number of ether oxygens (including phenoxy) is 1. The monoisotopic (exact) mass is 432 g/mol. The highest BCUT2D eigenvalue weighted by Gasteiger charge is 2.26. The molecule has 0 saturated carbocycles. The van der Waals surface area contributed by atoms with Gasteiger partial charge >= 0.3 is 0 Å². The van der Waals surface area contributed by atoms with Crippen molar-refractivity contribution in [2.45, 2.75) is 57.1 Å². The second kappa shape index (κ2) is 8.87. The zero-order chi connectivity index (χ0) is 21.1. The molecule has 9 heteroatoms. The SMILES string of the molecule is CCCS(=O)(=O)c1ncc(CN(C)Cc2nc3ccccc3o2)n1C[C@@H]1CCCO1. The predicted molar refractivity (Wildman–Crippen MR) is 113 cm³/mol. The molecule has 3 heterocycles. The van der Waals surface area contributed by atoms with E-state index in [1.54, 1.807) is 6.20 Å². The minimum atomic E-state index is -3.43.